The van der Waals surface area contributed by atoms with Crippen molar-refractivity contribution >= 4 is 0 Å². The van der Waals surface area contributed by atoms with Gasteiger partial charge in [-0.15, -0.1) is 0 Å². The minimum atomic E-state index is 0.830. The number of hydrogen-bond acceptors (Lipinski definition) is 2. The summed E-state index contributed by atoms with van der Waals surface area (Å²) in [7, 11) is 0. The second-order valence-electron chi connectivity index (χ2n) is 7.20. The zero-order chi connectivity index (χ0) is 14.5. The lowest BCUT2D eigenvalue weighted by Gasteiger charge is -2.36. The molecule has 3 unspecified atom stereocenters. The van der Waals surface area contributed by atoms with Crippen LogP contribution < -0.4 is 5.32 Å². The van der Waals surface area contributed by atoms with Gasteiger partial charge < -0.3 is 5.32 Å². The molecule has 2 nitrogen and oxygen atoms in total. The maximum atomic E-state index is 4.57. The van der Waals surface area contributed by atoms with Crippen molar-refractivity contribution in [1.29, 1.82) is 0 Å². The van der Waals surface area contributed by atoms with Gasteiger partial charge in [0.05, 0.1) is 0 Å². The summed E-state index contributed by atoms with van der Waals surface area (Å²) < 4.78 is 0. The minimum absolute atomic E-state index is 0.830. The molecular formula is C19H30N2. The lowest BCUT2D eigenvalue weighted by molar-refractivity contribution is 0.166. The Morgan fingerprint density at radius 2 is 2.05 bits per heavy atom. The monoisotopic (exact) mass is 286 g/mol. The highest BCUT2D eigenvalue weighted by molar-refractivity contribution is 5.05. The zero-order valence-electron chi connectivity index (χ0n) is 13.4. The molecule has 1 heterocycles. The lowest BCUT2D eigenvalue weighted by Crippen LogP contribution is -2.35. The third-order valence-corrected chi connectivity index (χ3v) is 5.39. The number of nitrogens with zero attached hydrogens (tertiary/aromatic N) is 1. The van der Waals surface area contributed by atoms with Crippen LogP contribution in [0, 0.1) is 17.8 Å². The van der Waals surface area contributed by atoms with Crippen LogP contribution in [-0.4, -0.2) is 17.6 Å². The molecule has 0 aliphatic heterocycles. The van der Waals surface area contributed by atoms with Crippen molar-refractivity contribution < 1.29 is 0 Å². The van der Waals surface area contributed by atoms with Crippen molar-refractivity contribution in [1.82, 2.24) is 10.3 Å². The molecule has 0 aromatic carbocycles. The van der Waals surface area contributed by atoms with Gasteiger partial charge in [0, 0.05) is 17.9 Å². The molecule has 0 saturated heterocycles. The van der Waals surface area contributed by atoms with Gasteiger partial charge in [-0.25, -0.2) is 0 Å². The fraction of sp³-hybridized carbons (Fsp3) is 0.737. The second-order valence-corrected chi connectivity index (χ2v) is 7.20. The summed E-state index contributed by atoms with van der Waals surface area (Å²) in [5.74, 6) is 2.65. The van der Waals surface area contributed by atoms with E-state index in [1.165, 1.54) is 63.6 Å². The van der Waals surface area contributed by atoms with E-state index in [1.54, 1.807) is 0 Å². The van der Waals surface area contributed by atoms with Gasteiger partial charge >= 0.3 is 0 Å². The maximum absolute atomic E-state index is 4.57. The third kappa shape index (κ3) is 4.54. The molecule has 2 fully saturated rings. The minimum Gasteiger partial charge on any atom is -0.314 e. The molecule has 116 valence electrons. The Morgan fingerprint density at radius 1 is 1.14 bits per heavy atom. The first-order chi connectivity index (χ1) is 10.3. The van der Waals surface area contributed by atoms with Gasteiger partial charge in [-0.05, 0) is 68.5 Å². The van der Waals surface area contributed by atoms with E-state index >= 15 is 0 Å². The van der Waals surface area contributed by atoms with Crippen molar-refractivity contribution in [2.45, 2.75) is 64.3 Å². The Kier molecular flexibility index (Phi) is 5.29. The van der Waals surface area contributed by atoms with Crippen molar-refractivity contribution in [2.75, 3.05) is 6.54 Å². The highest BCUT2D eigenvalue weighted by atomic mass is 14.9. The molecule has 1 N–H and O–H groups in total. The van der Waals surface area contributed by atoms with Gasteiger partial charge in [0.15, 0.2) is 0 Å². The van der Waals surface area contributed by atoms with Crippen LogP contribution in [-0.2, 0) is 6.42 Å². The summed E-state index contributed by atoms with van der Waals surface area (Å²) in [6, 6.07) is 7.20. The number of hydrogen-bond donors (Lipinski definition) is 1. The summed E-state index contributed by atoms with van der Waals surface area (Å²) in [5, 5.41) is 3.77. The van der Waals surface area contributed by atoms with Crippen LogP contribution in [0.5, 0.6) is 0 Å². The normalized spacial score (nSPS) is 29.5. The molecule has 21 heavy (non-hydrogen) atoms. The van der Waals surface area contributed by atoms with E-state index in [9.17, 15) is 0 Å². The van der Waals surface area contributed by atoms with E-state index in [-0.39, 0.29) is 0 Å². The largest absolute Gasteiger partial charge is 0.314 e. The van der Waals surface area contributed by atoms with Crippen LogP contribution in [0.1, 0.15) is 57.6 Å². The fourth-order valence-electron chi connectivity index (χ4n) is 4.01. The first-order valence-corrected chi connectivity index (χ1v) is 8.98. The number of aromatic nitrogens is 1. The number of rotatable bonds is 7. The van der Waals surface area contributed by atoms with Crippen LogP contribution in [0.25, 0.3) is 0 Å². The Labute approximate surface area is 129 Å². The van der Waals surface area contributed by atoms with Crippen molar-refractivity contribution in [2.24, 2.45) is 17.8 Å². The van der Waals surface area contributed by atoms with Crippen molar-refractivity contribution in [3.63, 3.8) is 0 Å². The van der Waals surface area contributed by atoms with Crippen LogP contribution >= 0.6 is 0 Å². The molecule has 0 spiro atoms. The topological polar surface area (TPSA) is 24.9 Å². The molecule has 3 atom stereocenters. The molecule has 0 amide bonds. The summed E-state index contributed by atoms with van der Waals surface area (Å²) in [4.78, 5) is 4.57. The highest BCUT2D eigenvalue weighted by Gasteiger charge is 2.31. The second kappa shape index (κ2) is 7.40. The van der Waals surface area contributed by atoms with Crippen LogP contribution in [0.15, 0.2) is 24.4 Å². The molecule has 0 bridgehead atoms. The van der Waals surface area contributed by atoms with Crippen molar-refractivity contribution in [3.8, 4) is 0 Å². The molecule has 0 radical (unpaired) electrons. The van der Waals surface area contributed by atoms with Gasteiger partial charge in [-0.2, -0.15) is 0 Å². The summed E-state index contributed by atoms with van der Waals surface area (Å²) in [6.07, 6.45) is 13.0. The standard InChI is InChI=1S/C19H30N2/c1-2-5-15-7-8-16(14-21-18-9-10-18)17(12-15)13-19-6-3-4-11-20-19/h3-4,6,11,15-18,21H,2,5,7-10,12-14H2,1H3. The first-order valence-electron chi connectivity index (χ1n) is 8.98. The van der Waals surface area contributed by atoms with E-state index in [1.807, 2.05) is 12.3 Å². The fourth-order valence-corrected chi connectivity index (χ4v) is 4.01. The predicted octanol–water partition coefficient (Wildman–Crippen LogP) is 4.21. The number of pyridine rings is 1. The van der Waals surface area contributed by atoms with Gasteiger partial charge in [0.25, 0.3) is 0 Å². The summed E-state index contributed by atoms with van der Waals surface area (Å²) in [6.45, 7) is 3.56. The molecular weight excluding hydrogens is 256 g/mol. The maximum Gasteiger partial charge on any atom is 0.0406 e. The highest BCUT2D eigenvalue weighted by Crippen LogP contribution is 2.38. The van der Waals surface area contributed by atoms with Crippen molar-refractivity contribution in [3.05, 3.63) is 30.1 Å². The molecule has 2 aliphatic carbocycles. The Hall–Kier alpha value is -0.890. The van der Waals surface area contributed by atoms with Gasteiger partial charge in [0.1, 0.15) is 0 Å². The first kappa shape index (κ1) is 15.0. The van der Waals surface area contributed by atoms with Gasteiger partial charge in [0.2, 0.25) is 0 Å². The van der Waals surface area contributed by atoms with E-state index in [0.29, 0.717) is 0 Å². The average molecular weight is 286 g/mol. The Bertz CT molecular complexity index is 413. The molecule has 1 aromatic heterocycles. The van der Waals surface area contributed by atoms with Gasteiger partial charge in [-0.1, -0.05) is 32.3 Å². The van der Waals surface area contributed by atoms with Crippen LogP contribution in [0.2, 0.25) is 0 Å². The molecule has 1 aromatic rings. The quantitative estimate of drug-likeness (QED) is 0.812. The molecule has 3 rings (SSSR count). The van der Waals surface area contributed by atoms with Crippen LogP contribution in [0.4, 0.5) is 0 Å². The van der Waals surface area contributed by atoms with E-state index < -0.39 is 0 Å². The summed E-state index contributed by atoms with van der Waals surface area (Å²) >= 11 is 0. The Balaban J connectivity index is 1.59. The Morgan fingerprint density at radius 3 is 2.76 bits per heavy atom. The number of nitrogens with one attached hydrogen (secondary N) is 1. The van der Waals surface area contributed by atoms with Gasteiger partial charge in [-0.3, -0.25) is 4.98 Å². The predicted molar refractivity (Wildman–Crippen MR) is 88.2 cm³/mol. The average Bonchev–Trinajstić information content (AvgIpc) is 3.32. The zero-order valence-corrected chi connectivity index (χ0v) is 13.4. The molecule has 2 aliphatic rings. The van der Waals surface area contributed by atoms with E-state index in [2.05, 4.69) is 29.4 Å². The molecule has 2 heteroatoms. The molecule has 2 saturated carbocycles. The summed E-state index contributed by atoms with van der Waals surface area (Å²) in [5.41, 5.74) is 1.29. The SMILES string of the molecule is CCCC1CCC(CNC2CC2)C(Cc2ccccn2)C1. The lowest BCUT2D eigenvalue weighted by atomic mass is 9.71. The van der Waals surface area contributed by atoms with E-state index in [4.69, 9.17) is 0 Å². The van der Waals surface area contributed by atoms with Crippen LogP contribution in [0.3, 0.4) is 0 Å². The van der Waals surface area contributed by atoms with E-state index in [0.717, 1.165) is 23.8 Å². The smallest absolute Gasteiger partial charge is 0.0406 e. The third-order valence-electron chi connectivity index (χ3n) is 5.39.